The van der Waals surface area contributed by atoms with Gasteiger partial charge in [0.1, 0.15) is 5.75 Å². The summed E-state index contributed by atoms with van der Waals surface area (Å²) in [7, 11) is 1.64. The second-order valence-corrected chi connectivity index (χ2v) is 4.62. The molecule has 0 bridgehead atoms. The monoisotopic (exact) mass is 246 g/mol. The summed E-state index contributed by atoms with van der Waals surface area (Å²) in [6.45, 7) is 0. The first-order valence-corrected chi connectivity index (χ1v) is 6.28. The van der Waals surface area contributed by atoms with E-state index in [1.807, 2.05) is 24.3 Å². The van der Waals surface area contributed by atoms with Crippen LogP contribution in [0.5, 0.6) is 5.75 Å². The van der Waals surface area contributed by atoms with E-state index < -0.39 is 5.97 Å². The first-order valence-electron chi connectivity index (χ1n) is 6.28. The molecule has 0 atom stereocenters. The fraction of sp³-hybridized carbons (Fsp3) is 0.400. The van der Waals surface area contributed by atoms with E-state index in [-0.39, 0.29) is 0 Å². The van der Waals surface area contributed by atoms with Crippen LogP contribution < -0.4 is 4.74 Å². The molecule has 0 aliphatic heterocycles. The number of rotatable bonds is 4. The molecule has 0 unspecified atom stereocenters. The predicted octanol–water partition coefficient (Wildman–Crippen LogP) is 3.19. The Morgan fingerprint density at radius 2 is 1.89 bits per heavy atom. The summed E-state index contributed by atoms with van der Waals surface area (Å²) >= 11 is 0. The third kappa shape index (κ3) is 2.92. The van der Waals surface area contributed by atoms with Crippen molar-refractivity contribution in [1.82, 2.24) is 0 Å². The van der Waals surface area contributed by atoms with Gasteiger partial charge in [0, 0.05) is 5.57 Å². The summed E-state index contributed by atoms with van der Waals surface area (Å²) in [6.07, 6.45) is 4.45. The molecule has 3 nitrogen and oxygen atoms in total. The summed E-state index contributed by atoms with van der Waals surface area (Å²) in [4.78, 5) is 11.2. The number of methoxy groups -OCH3 is 1. The number of carboxylic acid groups (broad SMARTS) is 1. The van der Waals surface area contributed by atoms with Gasteiger partial charge in [0.15, 0.2) is 0 Å². The number of hydrogen-bond acceptors (Lipinski definition) is 2. The van der Waals surface area contributed by atoms with E-state index in [1.54, 1.807) is 7.11 Å². The van der Waals surface area contributed by atoms with Crippen molar-refractivity contribution < 1.29 is 14.6 Å². The predicted molar refractivity (Wildman–Crippen MR) is 69.8 cm³/mol. The van der Waals surface area contributed by atoms with Crippen molar-refractivity contribution in [2.45, 2.75) is 32.1 Å². The molecule has 0 spiro atoms. The number of allylic oxidation sites excluding steroid dienone is 1. The van der Waals surface area contributed by atoms with Gasteiger partial charge in [0.05, 0.1) is 7.11 Å². The van der Waals surface area contributed by atoms with Gasteiger partial charge < -0.3 is 9.84 Å². The zero-order valence-corrected chi connectivity index (χ0v) is 10.6. The normalized spacial score (nSPS) is 15.6. The Morgan fingerprint density at radius 3 is 2.50 bits per heavy atom. The third-order valence-corrected chi connectivity index (χ3v) is 3.42. The molecule has 0 saturated carbocycles. The zero-order valence-electron chi connectivity index (χ0n) is 10.6. The van der Waals surface area contributed by atoms with E-state index in [9.17, 15) is 9.90 Å². The molecule has 1 aromatic rings. The molecule has 1 N–H and O–H groups in total. The summed E-state index contributed by atoms with van der Waals surface area (Å²) in [5.41, 5.74) is 2.85. The van der Waals surface area contributed by atoms with Gasteiger partial charge in [-0.2, -0.15) is 0 Å². The minimum atomic E-state index is -0.752. The first kappa shape index (κ1) is 12.7. The maximum atomic E-state index is 11.2. The van der Waals surface area contributed by atoms with Gasteiger partial charge in [-0.3, -0.25) is 0 Å². The fourth-order valence-electron chi connectivity index (χ4n) is 2.41. The number of carbonyl (C=O) groups is 1. The number of carboxylic acids is 1. The van der Waals surface area contributed by atoms with Crippen molar-refractivity contribution in [2.24, 2.45) is 0 Å². The molecule has 0 saturated heterocycles. The minimum absolute atomic E-state index is 0.622. The Labute approximate surface area is 107 Å². The smallest absolute Gasteiger partial charge is 0.331 e. The maximum absolute atomic E-state index is 11.2. The molecule has 0 radical (unpaired) electrons. The van der Waals surface area contributed by atoms with Crippen LogP contribution in [-0.2, 0) is 11.2 Å². The lowest BCUT2D eigenvalue weighted by atomic mass is 9.88. The highest BCUT2D eigenvalue weighted by atomic mass is 16.5. The molecule has 0 heterocycles. The SMILES string of the molecule is COc1ccc(CC2=C(C(=O)O)CCCC2)cc1. The van der Waals surface area contributed by atoms with E-state index in [4.69, 9.17) is 4.74 Å². The van der Waals surface area contributed by atoms with Crippen molar-refractivity contribution in [2.75, 3.05) is 7.11 Å². The van der Waals surface area contributed by atoms with Crippen LogP contribution >= 0.6 is 0 Å². The lowest BCUT2D eigenvalue weighted by Gasteiger charge is -2.17. The second-order valence-electron chi connectivity index (χ2n) is 4.62. The van der Waals surface area contributed by atoms with Crippen LogP contribution in [0.2, 0.25) is 0 Å². The van der Waals surface area contributed by atoms with Gasteiger partial charge in [0.25, 0.3) is 0 Å². The van der Waals surface area contributed by atoms with Crippen molar-refractivity contribution >= 4 is 5.97 Å². The Morgan fingerprint density at radius 1 is 1.22 bits per heavy atom. The highest BCUT2D eigenvalue weighted by Gasteiger charge is 2.18. The molecule has 18 heavy (non-hydrogen) atoms. The molecular formula is C15H18O3. The molecule has 1 aromatic carbocycles. The quantitative estimate of drug-likeness (QED) is 0.887. The molecule has 0 aromatic heterocycles. The average molecular weight is 246 g/mol. The second kappa shape index (κ2) is 5.71. The topological polar surface area (TPSA) is 46.5 Å². The van der Waals surface area contributed by atoms with Gasteiger partial charge >= 0.3 is 5.97 Å². The van der Waals surface area contributed by atoms with Crippen molar-refractivity contribution in [3.05, 3.63) is 41.0 Å². The van der Waals surface area contributed by atoms with Gasteiger partial charge in [-0.15, -0.1) is 0 Å². The average Bonchev–Trinajstić information content (AvgIpc) is 2.40. The standard InChI is InChI=1S/C15H18O3/c1-18-13-8-6-11(7-9-13)10-12-4-2-3-5-14(12)15(16)17/h6-9H,2-5,10H2,1H3,(H,16,17). The minimum Gasteiger partial charge on any atom is -0.497 e. The van der Waals surface area contributed by atoms with Crippen LogP contribution in [0.25, 0.3) is 0 Å². The van der Waals surface area contributed by atoms with Crippen molar-refractivity contribution in [3.8, 4) is 5.75 Å². The molecule has 1 aliphatic rings. The van der Waals surface area contributed by atoms with Gasteiger partial charge in [-0.1, -0.05) is 17.7 Å². The lowest BCUT2D eigenvalue weighted by Crippen LogP contribution is -2.10. The molecule has 0 amide bonds. The number of ether oxygens (including phenoxy) is 1. The van der Waals surface area contributed by atoms with E-state index in [1.165, 1.54) is 0 Å². The first-order chi connectivity index (χ1) is 8.70. The molecule has 3 heteroatoms. The number of hydrogen-bond donors (Lipinski definition) is 1. The summed E-state index contributed by atoms with van der Waals surface area (Å²) < 4.78 is 5.11. The lowest BCUT2D eigenvalue weighted by molar-refractivity contribution is -0.133. The zero-order chi connectivity index (χ0) is 13.0. The maximum Gasteiger partial charge on any atom is 0.331 e. The molecular weight excluding hydrogens is 228 g/mol. The number of aliphatic carboxylic acids is 1. The Hall–Kier alpha value is -1.77. The summed E-state index contributed by atoms with van der Waals surface area (Å²) in [5.74, 6) is 0.0769. The van der Waals surface area contributed by atoms with Gasteiger partial charge in [-0.25, -0.2) is 4.79 Å². The Bertz CT molecular complexity index is 457. The Kier molecular flexibility index (Phi) is 4.03. The van der Waals surface area contributed by atoms with Gasteiger partial charge in [0.2, 0.25) is 0 Å². The van der Waals surface area contributed by atoms with E-state index >= 15 is 0 Å². The van der Waals surface area contributed by atoms with Gasteiger partial charge in [-0.05, 0) is 49.8 Å². The van der Waals surface area contributed by atoms with Crippen LogP contribution in [0, 0.1) is 0 Å². The third-order valence-electron chi connectivity index (χ3n) is 3.42. The van der Waals surface area contributed by atoms with Crippen LogP contribution in [0.3, 0.4) is 0 Å². The van der Waals surface area contributed by atoms with E-state index in [2.05, 4.69) is 0 Å². The largest absolute Gasteiger partial charge is 0.497 e. The van der Waals surface area contributed by atoms with Crippen molar-refractivity contribution in [3.63, 3.8) is 0 Å². The van der Waals surface area contributed by atoms with Crippen LogP contribution in [-0.4, -0.2) is 18.2 Å². The molecule has 1 aliphatic carbocycles. The van der Waals surface area contributed by atoms with E-state index in [0.29, 0.717) is 12.0 Å². The summed E-state index contributed by atoms with van der Waals surface area (Å²) in [6, 6.07) is 7.83. The highest BCUT2D eigenvalue weighted by molar-refractivity contribution is 5.87. The highest BCUT2D eigenvalue weighted by Crippen LogP contribution is 2.28. The van der Waals surface area contributed by atoms with Crippen LogP contribution in [0.4, 0.5) is 0 Å². The van der Waals surface area contributed by atoms with Crippen LogP contribution in [0.15, 0.2) is 35.4 Å². The van der Waals surface area contributed by atoms with Crippen LogP contribution in [0.1, 0.15) is 31.2 Å². The Balaban J connectivity index is 2.17. The number of benzene rings is 1. The summed E-state index contributed by atoms with van der Waals surface area (Å²) in [5, 5.41) is 9.19. The molecule has 2 rings (SSSR count). The molecule has 0 fully saturated rings. The fourth-order valence-corrected chi connectivity index (χ4v) is 2.41. The van der Waals surface area contributed by atoms with E-state index in [0.717, 1.165) is 42.6 Å². The molecule has 96 valence electrons. The van der Waals surface area contributed by atoms with Crippen molar-refractivity contribution in [1.29, 1.82) is 0 Å².